The number of unbranched alkanes of at least 4 members (excludes halogenated alkanes) is 1. The number of nitrogens with zero attached hydrogens (tertiary/aromatic N) is 3. The van der Waals surface area contributed by atoms with Crippen LogP contribution in [-0.2, 0) is 26.1 Å². The van der Waals surface area contributed by atoms with Crippen molar-refractivity contribution in [3.8, 4) is 0 Å². The van der Waals surface area contributed by atoms with E-state index in [1.165, 1.54) is 11.6 Å². The van der Waals surface area contributed by atoms with Crippen LogP contribution in [0.5, 0.6) is 0 Å². The normalized spacial score (nSPS) is 15.7. The first kappa shape index (κ1) is 24.7. The average Bonchev–Trinajstić information content (AvgIpc) is 3.20. The second-order valence-electron chi connectivity index (χ2n) is 7.75. The number of carbonyl (C=O) groups excluding carboxylic acids is 2. The highest BCUT2D eigenvalue weighted by Gasteiger charge is 2.43. The van der Waals surface area contributed by atoms with E-state index in [0.29, 0.717) is 23.4 Å². The Labute approximate surface area is 197 Å². The molecule has 0 saturated carbocycles. The molecule has 0 saturated heterocycles. The Morgan fingerprint density at radius 2 is 1.82 bits per heavy atom. The summed E-state index contributed by atoms with van der Waals surface area (Å²) in [6, 6.07) is 9.12. The van der Waals surface area contributed by atoms with Gasteiger partial charge >= 0.3 is 17.8 Å². The Morgan fingerprint density at radius 1 is 1.15 bits per heavy atom. The zero-order valence-electron chi connectivity index (χ0n) is 19.7. The third kappa shape index (κ3) is 4.85. The zero-order chi connectivity index (χ0) is 24.8. The van der Waals surface area contributed by atoms with Gasteiger partial charge in [0.2, 0.25) is 5.82 Å². The second kappa shape index (κ2) is 10.8. The number of benzene rings is 1. The summed E-state index contributed by atoms with van der Waals surface area (Å²) in [7, 11) is 1.48. The van der Waals surface area contributed by atoms with E-state index in [0.717, 1.165) is 12.6 Å². The maximum atomic E-state index is 13.3. The summed E-state index contributed by atoms with van der Waals surface area (Å²) in [4.78, 5) is 41.7. The summed E-state index contributed by atoms with van der Waals surface area (Å²) in [5.41, 5.74) is 1.88. The van der Waals surface area contributed by atoms with Crippen molar-refractivity contribution in [2.24, 2.45) is 7.05 Å². The van der Waals surface area contributed by atoms with E-state index in [1.807, 2.05) is 37.3 Å². The number of allylic oxidation sites excluding steroid dienone is 1. The van der Waals surface area contributed by atoms with Crippen LogP contribution in [0.25, 0.3) is 5.70 Å². The Hall–Kier alpha value is -3.95. The van der Waals surface area contributed by atoms with Crippen molar-refractivity contribution in [2.75, 3.05) is 13.2 Å². The Morgan fingerprint density at radius 3 is 2.41 bits per heavy atom. The lowest BCUT2D eigenvalue weighted by Crippen LogP contribution is -2.34. The van der Waals surface area contributed by atoms with Crippen LogP contribution in [0.3, 0.4) is 0 Å². The quantitative estimate of drug-likeness (QED) is 0.256. The molecule has 1 aliphatic heterocycles. The van der Waals surface area contributed by atoms with Gasteiger partial charge in [-0.2, -0.15) is 0 Å². The van der Waals surface area contributed by atoms with Crippen molar-refractivity contribution in [3.63, 3.8) is 0 Å². The summed E-state index contributed by atoms with van der Waals surface area (Å²) in [5.74, 6) is -2.43. The molecular weight excluding hydrogens is 440 g/mol. The van der Waals surface area contributed by atoms with E-state index < -0.39 is 22.8 Å². The van der Waals surface area contributed by atoms with Crippen molar-refractivity contribution < 1.29 is 24.0 Å². The van der Waals surface area contributed by atoms with Gasteiger partial charge < -0.3 is 24.9 Å². The van der Waals surface area contributed by atoms with Gasteiger partial charge in [-0.3, -0.25) is 0 Å². The molecule has 0 spiro atoms. The van der Waals surface area contributed by atoms with Gasteiger partial charge in [0.05, 0.1) is 37.1 Å². The zero-order valence-corrected chi connectivity index (χ0v) is 19.7. The monoisotopic (exact) mass is 468 g/mol. The van der Waals surface area contributed by atoms with Gasteiger partial charge in [-0.05, 0) is 30.8 Å². The molecule has 3 rings (SSSR count). The van der Waals surface area contributed by atoms with Crippen LogP contribution < -0.4 is 5.32 Å². The largest absolute Gasteiger partial charge is 0.463 e. The number of nitrogens with one attached hydrogen (secondary N) is 1. The lowest BCUT2D eigenvalue weighted by Gasteiger charge is -2.30. The maximum Gasteiger partial charge on any atom is 0.342 e. The third-order valence-electron chi connectivity index (χ3n) is 5.52. The van der Waals surface area contributed by atoms with Crippen LogP contribution in [0.2, 0.25) is 0 Å². The smallest absolute Gasteiger partial charge is 0.342 e. The van der Waals surface area contributed by atoms with Crippen molar-refractivity contribution >= 4 is 23.5 Å². The molecule has 0 amide bonds. The highest BCUT2D eigenvalue weighted by molar-refractivity contribution is 6.05. The minimum atomic E-state index is -1.04. The molecule has 10 nitrogen and oxygen atoms in total. The molecule has 0 fully saturated rings. The molecule has 2 aromatic rings. The molecule has 1 aromatic carbocycles. The number of dihydropyridines is 1. The highest BCUT2D eigenvalue weighted by Crippen LogP contribution is 2.42. The number of carbonyl (C=O) groups is 2. The summed E-state index contributed by atoms with van der Waals surface area (Å²) < 4.78 is 12.1. The molecule has 1 unspecified atom stereocenters. The molecule has 10 heteroatoms. The SMILES string of the molecule is CCCCOC(=O)C1=C(C)NC(c2ccccc2)=C(C(=O)OCC)C1c1ncc([N+](=O)[O-])n1C. The van der Waals surface area contributed by atoms with Gasteiger partial charge in [0.1, 0.15) is 12.1 Å². The Kier molecular flexibility index (Phi) is 7.83. The number of hydrogen-bond acceptors (Lipinski definition) is 8. The lowest BCUT2D eigenvalue weighted by atomic mass is 9.83. The van der Waals surface area contributed by atoms with Gasteiger partial charge in [-0.25, -0.2) is 19.1 Å². The molecule has 2 heterocycles. The minimum Gasteiger partial charge on any atom is -0.463 e. The summed E-state index contributed by atoms with van der Waals surface area (Å²) in [5, 5.41) is 14.7. The molecule has 1 aromatic heterocycles. The number of hydrogen-bond donors (Lipinski definition) is 1. The highest BCUT2D eigenvalue weighted by atomic mass is 16.6. The van der Waals surface area contributed by atoms with Gasteiger partial charge in [-0.15, -0.1) is 0 Å². The van der Waals surface area contributed by atoms with Crippen LogP contribution in [0.15, 0.2) is 53.4 Å². The first-order valence-electron chi connectivity index (χ1n) is 11.1. The fraction of sp³-hybridized carbons (Fsp3) is 0.375. The van der Waals surface area contributed by atoms with E-state index >= 15 is 0 Å². The van der Waals surface area contributed by atoms with E-state index in [4.69, 9.17) is 9.47 Å². The van der Waals surface area contributed by atoms with Crippen molar-refractivity contribution in [1.82, 2.24) is 14.9 Å². The number of aromatic nitrogens is 2. The van der Waals surface area contributed by atoms with Gasteiger partial charge in [0.15, 0.2) is 0 Å². The maximum absolute atomic E-state index is 13.3. The number of imidazole rings is 1. The molecule has 1 aliphatic rings. The first-order chi connectivity index (χ1) is 16.3. The molecule has 0 radical (unpaired) electrons. The van der Waals surface area contributed by atoms with Crippen molar-refractivity contribution in [2.45, 2.75) is 39.5 Å². The van der Waals surface area contributed by atoms with Crippen LogP contribution in [0.1, 0.15) is 50.9 Å². The first-order valence-corrected chi connectivity index (χ1v) is 11.1. The number of nitro groups is 1. The average molecular weight is 469 g/mol. The van der Waals surface area contributed by atoms with Gasteiger partial charge in [-0.1, -0.05) is 43.7 Å². The predicted molar refractivity (Wildman–Crippen MR) is 124 cm³/mol. The number of esters is 2. The predicted octanol–water partition coefficient (Wildman–Crippen LogP) is 3.61. The summed E-state index contributed by atoms with van der Waals surface area (Å²) in [6.45, 7) is 5.68. The minimum absolute atomic E-state index is 0.108. The molecule has 34 heavy (non-hydrogen) atoms. The van der Waals surface area contributed by atoms with E-state index in [9.17, 15) is 19.7 Å². The fourth-order valence-electron chi connectivity index (χ4n) is 3.86. The van der Waals surface area contributed by atoms with E-state index in [2.05, 4.69) is 10.3 Å². The summed E-state index contributed by atoms with van der Waals surface area (Å²) in [6.07, 6.45) is 2.63. The van der Waals surface area contributed by atoms with Crippen molar-refractivity contribution in [1.29, 1.82) is 0 Å². The van der Waals surface area contributed by atoms with Crippen LogP contribution in [0, 0.1) is 10.1 Å². The van der Waals surface area contributed by atoms with Gasteiger partial charge in [0.25, 0.3) is 0 Å². The summed E-state index contributed by atoms with van der Waals surface area (Å²) >= 11 is 0. The third-order valence-corrected chi connectivity index (χ3v) is 5.52. The molecule has 1 atom stereocenters. The fourth-order valence-corrected chi connectivity index (χ4v) is 3.86. The number of rotatable bonds is 9. The van der Waals surface area contributed by atoms with Crippen molar-refractivity contribution in [3.05, 3.63) is 74.9 Å². The van der Waals surface area contributed by atoms with Crippen LogP contribution >= 0.6 is 0 Å². The van der Waals surface area contributed by atoms with Crippen LogP contribution in [0.4, 0.5) is 5.82 Å². The Balaban J connectivity index is 2.27. The van der Waals surface area contributed by atoms with Gasteiger partial charge in [0, 0.05) is 5.70 Å². The standard InChI is InChI=1S/C24H28N4O6/c1-5-7-13-34-23(29)18-15(3)26-21(16-11-9-8-10-12-16)20(24(30)33-6-2)19(18)22-25-14-17(27(22)4)28(31)32/h8-12,14,19,26H,5-7,13H2,1-4H3. The Bertz CT molecular complexity index is 1150. The molecule has 0 bridgehead atoms. The van der Waals surface area contributed by atoms with E-state index in [1.54, 1.807) is 13.8 Å². The topological polar surface area (TPSA) is 126 Å². The van der Waals surface area contributed by atoms with Crippen LogP contribution in [-0.4, -0.2) is 39.6 Å². The molecule has 0 aliphatic carbocycles. The second-order valence-corrected chi connectivity index (χ2v) is 7.75. The number of ether oxygens (including phenoxy) is 2. The van der Waals surface area contributed by atoms with E-state index in [-0.39, 0.29) is 36.0 Å². The molecular formula is C24H28N4O6. The lowest BCUT2D eigenvalue weighted by molar-refractivity contribution is -0.391. The molecule has 1 N–H and O–H groups in total. The molecule has 180 valence electrons.